The Balaban J connectivity index is 2.13. The highest BCUT2D eigenvalue weighted by molar-refractivity contribution is 5.87. The van der Waals surface area contributed by atoms with Crippen LogP contribution in [0.3, 0.4) is 0 Å². The quantitative estimate of drug-likeness (QED) is 0.120. The van der Waals surface area contributed by atoms with Crippen LogP contribution in [0.5, 0.6) is 0 Å². The molecular weight excluding hydrogens is 448 g/mol. The Morgan fingerprint density at radius 3 is 2.69 bits per heavy atom. The fourth-order valence-corrected chi connectivity index (χ4v) is 5.04. The zero-order chi connectivity index (χ0) is 26.2. The molecule has 1 fully saturated rings. The minimum absolute atomic E-state index is 0.376. The Morgan fingerprint density at radius 2 is 2.03 bits per heavy atom. The summed E-state index contributed by atoms with van der Waals surface area (Å²) >= 11 is 0. The first kappa shape index (κ1) is 29.1. The summed E-state index contributed by atoms with van der Waals surface area (Å²) in [6, 6.07) is 8.20. The van der Waals surface area contributed by atoms with Crippen LogP contribution in [0, 0.1) is 28.6 Å². The molecule has 0 heterocycles. The molecule has 1 aliphatic rings. The maximum absolute atomic E-state index is 10.3. The summed E-state index contributed by atoms with van der Waals surface area (Å²) in [6.45, 7) is 11.2. The molecule has 1 saturated carbocycles. The van der Waals surface area contributed by atoms with Crippen molar-refractivity contribution in [1.29, 1.82) is 0 Å². The average molecular weight is 491 g/mol. The second-order valence-corrected chi connectivity index (χ2v) is 9.69. The van der Waals surface area contributed by atoms with Gasteiger partial charge in [0.15, 0.2) is 5.34 Å². The molecule has 2 N–H and O–H groups in total. The lowest BCUT2D eigenvalue weighted by atomic mass is 9.73. The van der Waals surface area contributed by atoms with E-state index in [1.54, 1.807) is 6.08 Å². The first-order valence-electron chi connectivity index (χ1n) is 12.9. The van der Waals surface area contributed by atoms with Crippen molar-refractivity contribution >= 4 is 17.4 Å². The largest absolute Gasteiger partial charge is 0.380 e. The molecule has 194 valence electrons. The monoisotopic (exact) mass is 490 g/mol. The van der Waals surface area contributed by atoms with E-state index in [9.17, 15) is 4.91 Å². The molecule has 36 heavy (non-hydrogen) atoms. The predicted molar refractivity (Wildman–Crippen MR) is 151 cm³/mol. The first-order valence-corrected chi connectivity index (χ1v) is 12.9. The van der Waals surface area contributed by atoms with Crippen molar-refractivity contribution in [2.75, 3.05) is 20.1 Å². The standard InChI is InChI=1S/C30H42N4O2/c1-6-13-27-16-11-12-17-29(27)24(3)25(4)32-23-28(31-5)22-30(7-2,20-21-33-36-34-35)19-18-26-14-9-8-10-15-26/h2,6,11-13,16-17,26,32-33H,1,4,8-10,14-15,18-23H2,3,5H3/b27-13-,29-24+,31-28?. The van der Waals surface area contributed by atoms with Gasteiger partial charge in [-0.1, -0.05) is 87.6 Å². The van der Waals surface area contributed by atoms with Crippen LogP contribution in [0.15, 0.2) is 59.5 Å². The molecule has 0 aromatic heterocycles. The van der Waals surface area contributed by atoms with E-state index in [1.807, 2.05) is 25.3 Å². The minimum atomic E-state index is -0.376. The molecule has 1 aromatic carbocycles. The highest BCUT2D eigenvalue weighted by Crippen LogP contribution is 2.37. The van der Waals surface area contributed by atoms with Crippen LogP contribution in [-0.2, 0) is 4.94 Å². The normalized spacial score (nSPS) is 17.5. The van der Waals surface area contributed by atoms with Crippen LogP contribution >= 0.6 is 0 Å². The summed E-state index contributed by atoms with van der Waals surface area (Å²) in [5.41, 5.74) is 5.13. The third kappa shape index (κ3) is 9.13. The maximum atomic E-state index is 10.3. The SMILES string of the molecule is C#CC(CCNON=O)(CCC1CCCCC1)CC(CNC(=C)/C(C)=c1\cccc\c1=C\C=C)=NC. The van der Waals surface area contributed by atoms with Gasteiger partial charge < -0.3 is 5.32 Å². The van der Waals surface area contributed by atoms with E-state index < -0.39 is 0 Å². The second-order valence-electron chi connectivity index (χ2n) is 9.69. The summed E-state index contributed by atoms with van der Waals surface area (Å²) in [5.74, 6) is 3.83. The predicted octanol–water partition coefficient (Wildman–Crippen LogP) is 4.96. The van der Waals surface area contributed by atoms with Gasteiger partial charge in [-0.2, -0.15) is 0 Å². The summed E-state index contributed by atoms with van der Waals surface area (Å²) in [4.78, 5) is 19.3. The van der Waals surface area contributed by atoms with Crippen molar-refractivity contribution in [2.45, 2.75) is 64.7 Å². The molecule has 1 unspecified atom stereocenters. The average Bonchev–Trinajstić information content (AvgIpc) is 2.92. The molecule has 1 aliphatic carbocycles. The molecule has 0 radical (unpaired) electrons. The van der Waals surface area contributed by atoms with Crippen LogP contribution in [0.2, 0.25) is 0 Å². The van der Waals surface area contributed by atoms with E-state index in [0.29, 0.717) is 25.9 Å². The molecule has 6 heteroatoms. The van der Waals surface area contributed by atoms with Gasteiger partial charge >= 0.3 is 0 Å². The minimum Gasteiger partial charge on any atom is -0.380 e. The number of nitrogens with one attached hydrogen (secondary N) is 2. The van der Waals surface area contributed by atoms with Crippen molar-refractivity contribution in [3.8, 4) is 12.3 Å². The zero-order valence-corrected chi connectivity index (χ0v) is 22.0. The maximum Gasteiger partial charge on any atom is 0.176 e. The number of allylic oxidation sites excluding steroid dienone is 2. The van der Waals surface area contributed by atoms with E-state index in [1.165, 1.54) is 32.1 Å². The smallest absolute Gasteiger partial charge is 0.176 e. The Hall–Kier alpha value is -3.17. The molecule has 0 bridgehead atoms. The number of hydroxylamine groups is 1. The van der Waals surface area contributed by atoms with Gasteiger partial charge in [-0.3, -0.25) is 9.93 Å². The number of terminal acetylenes is 1. The highest BCUT2D eigenvalue weighted by Gasteiger charge is 2.30. The van der Waals surface area contributed by atoms with Crippen molar-refractivity contribution in [1.82, 2.24) is 10.8 Å². The number of nitrogens with zero attached hydrogens (tertiary/aromatic N) is 2. The Morgan fingerprint density at radius 1 is 1.28 bits per heavy atom. The van der Waals surface area contributed by atoms with Crippen molar-refractivity contribution in [2.24, 2.45) is 21.7 Å². The summed E-state index contributed by atoms with van der Waals surface area (Å²) < 4.78 is 0. The Bertz CT molecular complexity index is 1060. The van der Waals surface area contributed by atoms with Crippen LogP contribution in [0.4, 0.5) is 0 Å². The van der Waals surface area contributed by atoms with Gasteiger partial charge in [0.2, 0.25) is 0 Å². The number of hydrogen-bond acceptors (Lipinski definition) is 6. The molecule has 1 atom stereocenters. The van der Waals surface area contributed by atoms with Crippen molar-refractivity contribution in [3.05, 3.63) is 64.5 Å². The molecule has 0 amide bonds. The van der Waals surface area contributed by atoms with E-state index in [-0.39, 0.29) is 5.41 Å². The molecule has 0 saturated heterocycles. The van der Waals surface area contributed by atoms with Gasteiger partial charge in [0, 0.05) is 36.8 Å². The lowest BCUT2D eigenvalue weighted by Gasteiger charge is -2.32. The van der Waals surface area contributed by atoms with Gasteiger partial charge in [-0.15, -0.1) is 16.8 Å². The fraction of sp³-hybridized carbons (Fsp3) is 0.500. The first-order chi connectivity index (χ1) is 17.5. The third-order valence-electron chi connectivity index (χ3n) is 7.35. The Kier molecular flexibility index (Phi) is 12.7. The van der Waals surface area contributed by atoms with Gasteiger partial charge in [-0.05, 0) is 48.1 Å². The van der Waals surface area contributed by atoms with Crippen LogP contribution in [0.1, 0.15) is 64.7 Å². The summed E-state index contributed by atoms with van der Waals surface area (Å²) in [6.07, 6.45) is 19.8. The molecule has 1 aromatic rings. The number of hydrogen-bond donors (Lipinski definition) is 2. The number of aliphatic imine (C=N–C) groups is 1. The molecular formula is C30H42N4O2. The highest BCUT2D eigenvalue weighted by atomic mass is 16.8. The van der Waals surface area contributed by atoms with Crippen LogP contribution in [0.25, 0.3) is 11.6 Å². The molecule has 0 spiro atoms. The van der Waals surface area contributed by atoms with Gasteiger partial charge in [-0.25, -0.2) is 0 Å². The molecule has 6 nitrogen and oxygen atoms in total. The van der Waals surface area contributed by atoms with E-state index in [4.69, 9.17) is 6.42 Å². The van der Waals surface area contributed by atoms with Gasteiger partial charge in [0.1, 0.15) is 0 Å². The van der Waals surface area contributed by atoms with Crippen LogP contribution < -0.4 is 21.2 Å². The zero-order valence-electron chi connectivity index (χ0n) is 22.0. The molecule has 2 rings (SSSR count). The Labute approximate surface area is 216 Å². The van der Waals surface area contributed by atoms with E-state index in [2.05, 4.69) is 64.2 Å². The van der Waals surface area contributed by atoms with Crippen LogP contribution in [-0.4, -0.2) is 25.8 Å². The van der Waals surface area contributed by atoms with Crippen molar-refractivity contribution in [3.63, 3.8) is 0 Å². The summed E-state index contributed by atoms with van der Waals surface area (Å²) in [5, 5.41) is 8.10. The fourth-order valence-electron chi connectivity index (χ4n) is 5.04. The number of rotatable bonds is 15. The lowest BCUT2D eigenvalue weighted by Crippen LogP contribution is -2.33. The topological polar surface area (TPSA) is 75.1 Å². The van der Waals surface area contributed by atoms with E-state index in [0.717, 1.165) is 46.2 Å². The second kappa shape index (κ2) is 15.7. The van der Waals surface area contributed by atoms with Gasteiger partial charge in [0.25, 0.3) is 0 Å². The third-order valence-corrected chi connectivity index (χ3v) is 7.35. The molecule has 0 aliphatic heterocycles. The van der Waals surface area contributed by atoms with Crippen molar-refractivity contribution < 1.29 is 4.94 Å². The summed E-state index contributed by atoms with van der Waals surface area (Å²) in [7, 11) is 1.81. The lowest BCUT2D eigenvalue weighted by molar-refractivity contribution is 0.0367. The van der Waals surface area contributed by atoms with Gasteiger partial charge in [0.05, 0.1) is 6.54 Å². The number of benzene rings is 1. The van der Waals surface area contributed by atoms with E-state index >= 15 is 0 Å².